The lowest BCUT2D eigenvalue weighted by Gasteiger charge is -2.01. The quantitative estimate of drug-likeness (QED) is 0.655. The Bertz CT molecular complexity index is 746. The fourth-order valence-corrected chi connectivity index (χ4v) is 2.62. The van der Waals surface area contributed by atoms with Crippen molar-refractivity contribution in [3.63, 3.8) is 0 Å². The highest BCUT2D eigenvalue weighted by Gasteiger charge is 2.14. The van der Waals surface area contributed by atoms with Crippen LogP contribution in [0.2, 0.25) is 10.0 Å². The summed E-state index contributed by atoms with van der Waals surface area (Å²) in [7, 11) is 1.63. The van der Waals surface area contributed by atoms with Gasteiger partial charge in [0.1, 0.15) is 11.4 Å². The molecule has 5 heteroatoms. The van der Waals surface area contributed by atoms with Gasteiger partial charge in [0.25, 0.3) is 0 Å². The molecule has 1 aromatic heterocycles. The molecule has 0 saturated heterocycles. The molecule has 3 aromatic rings. The highest BCUT2D eigenvalue weighted by atomic mass is 35.5. The molecule has 0 spiro atoms. The molecule has 106 valence electrons. The molecule has 2 aromatic carbocycles. The van der Waals surface area contributed by atoms with Crippen LogP contribution in [-0.4, -0.2) is 12.3 Å². The van der Waals surface area contributed by atoms with Gasteiger partial charge in [-0.1, -0.05) is 34.4 Å². The summed E-state index contributed by atoms with van der Waals surface area (Å²) in [6.45, 7) is 0. The Labute approximate surface area is 132 Å². The van der Waals surface area contributed by atoms with Crippen molar-refractivity contribution in [3.8, 4) is 28.3 Å². The number of rotatable bonds is 3. The largest absolute Gasteiger partial charge is 0.497 e. The first kappa shape index (κ1) is 14.0. The Morgan fingerprint density at radius 1 is 1.00 bits per heavy atom. The third-order valence-corrected chi connectivity index (χ3v) is 3.73. The van der Waals surface area contributed by atoms with E-state index >= 15 is 0 Å². The highest BCUT2D eigenvalue weighted by molar-refractivity contribution is 6.39. The standard InChI is InChI=1S/C16H11Cl2NO2/c1-20-11-7-5-10(6-8-11)15-9-14(19-21-15)16-12(17)3-2-4-13(16)18/h2-9H,1H3. The van der Waals surface area contributed by atoms with E-state index in [1.54, 1.807) is 25.3 Å². The predicted molar refractivity (Wildman–Crippen MR) is 83.9 cm³/mol. The minimum absolute atomic E-state index is 0.539. The van der Waals surface area contributed by atoms with Gasteiger partial charge in [0.15, 0.2) is 5.76 Å². The van der Waals surface area contributed by atoms with E-state index in [9.17, 15) is 0 Å². The average Bonchev–Trinajstić information content (AvgIpc) is 2.97. The molecule has 0 aliphatic rings. The van der Waals surface area contributed by atoms with Crippen molar-refractivity contribution in [2.45, 2.75) is 0 Å². The van der Waals surface area contributed by atoms with Crippen LogP contribution in [0.1, 0.15) is 0 Å². The number of methoxy groups -OCH3 is 1. The van der Waals surface area contributed by atoms with E-state index in [1.165, 1.54) is 0 Å². The second-order valence-electron chi connectivity index (χ2n) is 4.40. The van der Waals surface area contributed by atoms with Gasteiger partial charge in [0.2, 0.25) is 0 Å². The van der Waals surface area contributed by atoms with Gasteiger partial charge in [-0.05, 0) is 36.4 Å². The summed E-state index contributed by atoms with van der Waals surface area (Å²) < 4.78 is 10.5. The van der Waals surface area contributed by atoms with E-state index in [0.717, 1.165) is 11.3 Å². The molecule has 0 fully saturated rings. The molecular formula is C16H11Cl2NO2. The SMILES string of the molecule is COc1ccc(-c2cc(-c3c(Cl)cccc3Cl)no2)cc1. The van der Waals surface area contributed by atoms with E-state index in [2.05, 4.69) is 5.16 Å². The number of nitrogens with zero attached hydrogens (tertiary/aromatic N) is 1. The van der Waals surface area contributed by atoms with Crippen LogP contribution in [0.4, 0.5) is 0 Å². The first-order valence-electron chi connectivity index (χ1n) is 6.24. The van der Waals surface area contributed by atoms with Gasteiger partial charge in [-0.15, -0.1) is 0 Å². The number of hydrogen-bond donors (Lipinski definition) is 0. The fourth-order valence-electron chi connectivity index (χ4n) is 2.03. The van der Waals surface area contributed by atoms with Crippen LogP contribution in [0.25, 0.3) is 22.6 Å². The summed E-state index contributed by atoms with van der Waals surface area (Å²) in [5.41, 5.74) is 2.18. The smallest absolute Gasteiger partial charge is 0.167 e. The van der Waals surface area contributed by atoms with E-state index in [0.29, 0.717) is 27.1 Å². The van der Waals surface area contributed by atoms with Gasteiger partial charge in [0.05, 0.1) is 17.2 Å². The van der Waals surface area contributed by atoms with Crippen molar-refractivity contribution in [2.75, 3.05) is 7.11 Å². The molecule has 0 aliphatic heterocycles. The minimum atomic E-state index is 0.539. The Hall–Kier alpha value is -1.97. The number of hydrogen-bond acceptors (Lipinski definition) is 3. The zero-order valence-corrected chi connectivity index (χ0v) is 12.7. The molecule has 0 bridgehead atoms. The molecule has 1 heterocycles. The summed E-state index contributed by atoms with van der Waals surface area (Å²) in [5, 5.41) is 5.13. The first-order valence-corrected chi connectivity index (χ1v) is 7.00. The lowest BCUT2D eigenvalue weighted by atomic mass is 10.1. The third-order valence-electron chi connectivity index (χ3n) is 3.10. The number of benzene rings is 2. The van der Waals surface area contributed by atoms with Crippen LogP contribution in [0.15, 0.2) is 53.1 Å². The molecule has 3 rings (SSSR count). The molecule has 0 aliphatic carbocycles. The summed E-state index contributed by atoms with van der Waals surface area (Å²) in [6.07, 6.45) is 0. The van der Waals surface area contributed by atoms with Crippen molar-refractivity contribution < 1.29 is 9.26 Å². The molecule has 0 amide bonds. The monoisotopic (exact) mass is 319 g/mol. The Morgan fingerprint density at radius 2 is 1.67 bits per heavy atom. The van der Waals surface area contributed by atoms with Crippen LogP contribution < -0.4 is 4.74 Å². The van der Waals surface area contributed by atoms with E-state index < -0.39 is 0 Å². The van der Waals surface area contributed by atoms with Gasteiger partial charge in [-0.3, -0.25) is 0 Å². The van der Waals surface area contributed by atoms with Crippen molar-refractivity contribution in [3.05, 3.63) is 58.6 Å². The molecular weight excluding hydrogens is 309 g/mol. The maximum atomic E-state index is 6.18. The zero-order valence-electron chi connectivity index (χ0n) is 11.1. The zero-order chi connectivity index (χ0) is 14.8. The molecule has 0 radical (unpaired) electrons. The van der Waals surface area contributed by atoms with Crippen molar-refractivity contribution in [1.82, 2.24) is 5.16 Å². The summed E-state index contributed by atoms with van der Waals surface area (Å²) in [5.74, 6) is 1.43. The van der Waals surface area contributed by atoms with Gasteiger partial charge in [0, 0.05) is 17.2 Å². The van der Waals surface area contributed by atoms with Gasteiger partial charge in [-0.2, -0.15) is 0 Å². The molecule has 0 unspecified atom stereocenters. The van der Waals surface area contributed by atoms with E-state index in [-0.39, 0.29) is 0 Å². The Kier molecular flexibility index (Phi) is 3.86. The van der Waals surface area contributed by atoms with E-state index in [4.69, 9.17) is 32.5 Å². The predicted octanol–water partition coefficient (Wildman–Crippen LogP) is 5.32. The maximum Gasteiger partial charge on any atom is 0.167 e. The third kappa shape index (κ3) is 2.75. The van der Waals surface area contributed by atoms with Crippen molar-refractivity contribution in [1.29, 1.82) is 0 Å². The maximum absolute atomic E-state index is 6.18. The molecule has 3 nitrogen and oxygen atoms in total. The van der Waals surface area contributed by atoms with Gasteiger partial charge < -0.3 is 9.26 Å². The van der Waals surface area contributed by atoms with Crippen molar-refractivity contribution in [2.24, 2.45) is 0 Å². The summed E-state index contributed by atoms with van der Waals surface area (Å²) in [4.78, 5) is 0. The Balaban J connectivity index is 1.99. The second-order valence-corrected chi connectivity index (χ2v) is 5.22. The molecule has 21 heavy (non-hydrogen) atoms. The van der Waals surface area contributed by atoms with Crippen LogP contribution in [0.3, 0.4) is 0 Å². The number of ether oxygens (including phenoxy) is 1. The van der Waals surface area contributed by atoms with Crippen LogP contribution >= 0.6 is 23.2 Å². The highest BCUT2D eigenvalue weighted by Crippen LogP contribution is 2.35. The molecule has 0 atom stereocenters. The van der Waals surface area contributed by atoms with Gasteiger partial charge >= 0.3 is 0 Å². The number of halogens is 2. The van der Waals surface area contributed by atoms with Crippen LogP contribution in [0, 0.1) is 0 Å². The molecule has 0 saturated carbocycles. The lowest BCUT2D eigenvalue weighted by molar-refractivity contribution is 0.414. The average molecular weight is 320 g/mol. The lowest BCUT2D eigenvalue weighted by Crippen LogP contribution is -1.81. The second kappa shape index (κ2) is 5.80. The van der Waals surface area contributed by atoms with Crippen LogP contribution in [-0.2, 0) is 0 Å². The number of aromatic nitrogens is 1. The molecule has 0 N–H and O–H groups in total. The summed E-state index contributed by atoms with van der Waals surface area (Å²) >= 11 is 12.4. The van der Waals surface area contributed by atoms with Crippen LogP contribution in [0.5, 0.6) is 5.75 Å². The Morgan fingerprint density at radius 3 is 2.29 bits per heavy atom. The minimum Gasteiger partial charge on any atom is -0.497 e. The summed E-state index contributed by atoms with van der Waals surface area (Å²) in [6, 6.07) is 14.7. The van der Waals surface area contributed by atoms with Crippen molar-refractivity contribution >= 4 is 23.2 Å². The van der Waals surface area contributed by atoms with Gasteiger partial charge in [-0.25, -0.2) is 0 Å². The normalized spacial score (nSPS) is 10.6. The fraction of sp³-hybridized carbons (Fsp3) is 0.0625. The topological polar surface area (TPSA) is 35.3 Å². The first-order chi connectivity index (χ1) is 10.2. The van der Waals surface area contributed by atoms with E-state index in [1.807, 2.05) is 30.3 Å².